The van der Waals surface area contributed by atoms with Crippen LogP contribution in [-0.4, -0.2) is 32.1 Å². The summed E-state index contributed by atoms with van der Waals surface area (Å²) >= 11 is 0. The molecule has 0 radical (unpaired) electrons. The lowest BCUT2D eigenvalue weighted by molar-refractivity contribution is 0.249. The average Bonchev–Trinajstić information content (AvgIpc) is 3.26. The molecule has 3 aromatic rings. The van der Waals surface area contributed by atoms with Gasteiger partial charge in [-0.1, -0.05) is 37.3 Å². The highest BCUT2D eigenvalue weighted by atomic mass is 16.2. The van der Waals surface area contributed by atoms with Gasteiger partial charge in [-0.25, -0.2) is 4.79 Å². The number of carbonyl (C=O) groups excluding carboxylic acids is 1. The highest BCUT2D eigenvalue weighted by Gasteiger charge is 2.08. The van der Waals surface area contributed by atoms with E-state index in [9.17, 15) is 4.79 Å². The van der Waals surface area contributed by atoms with Crippen molar-refractivity contribution in [1.29, 1.82) is 0 Å². The number of nitrogens with one attached hydrogen (secondary N) is 2. The van der Waals surface area contributed by atoms with Crippen LogP contribution in [0, 0.1) is 5.92 Å². The van der Waals surface area contributed by atoms with Gasteiger partial charge in [0.05, 0.1) is 6.54 Å². The second-order valence-corrected chi connectivity index (χ2v) is 6.05. The van der Waals surface area contributed by atoms with E-state index in [1.54, 1.807) is 16.9 Å². The number of aromatic nitrogens is 4. The third kappa shape index (κ3) is 5.20. The molecule has 7 nitrogen and oxygen atoms in total. The van der Waals surface area contributed by atoms with Crippen LogP contribution in [0.4, 0.5) is 10.6 Å². The van der Waals surface area contributed by atoms with E-state index in [0.29, 0.717) is 18.9 Å². The lowest BCUT2D eigenvalue weighted by Gasteiger charge is -2.12. The summed E-state index contributed by atoms with van der Waals surface area (Å²) in [5, 5.41) is 14.1. The highest BCUT2D eigenvalue weighted by Crippen LogP contribution is 2.06. The Bertz CT molecular complexity index is 781. The molecule has 0 aliphatic heterocycles. The van der Waals surface area contributed by atoms with Gasteiger partial charge in [0.1, 0.15) is 0 Å². The number of carbonyl (C=O) groups is 1. The van der Waals surface area contributed by atoms with E-state index in [2.05, 4.69) is 27.8 Å². The van der Waals surface area contributed by atoms with E-state index in [-0.39, 0.29) is 11.9 Å². The molecule has 1 atom stereocenters. The quantitative estimate of drug-likeness (QED) is 0.695. The number of amides is 2. The fourth-order valence-corrected chi connectivity index (χ4v) is 2.51. The summed E-state index contributed by atoms with van der Waals surface area (Å²) in [6.45, 7) is 4.07. The first kappa shape index (κ1) is 16.8. The van der Waals surface area contributed by atoms with Crippen LogP contribution in [0.25, 0.3) is 0 Å². The Morgan fingerprint density at radius 3 is 2.72 bits per heavy atom. The topological polar surface area (TPSA) is 76.8 Å². The Morgan fingerprint density at radius 1 is 1.12 bits per heavy atom. The molecule has 0 aliphatic carbocycles. The first-order valence-corrected chi connectivity index (χ1v) is 8.29. The molecule has 2 heterocycles. The van der Waals surface area contributed by atoms with Crippen LogP contribution in [0.1, 0.15) is 12.5 Å². The van der Waals surface area contributed by atoms with E-state index < -0.39 is 0 Å². The zero-order valence-electron chi connectivity index (χ0n) is 14.2. The molecular formula is C18H22N6O. The molecule has 3 rings (SSSR count). The molecule has 0 saturated heterocycles. The van der Waals surface area contributed by atoms with Crippen molar-refractivity contribution < 1.29 is 4.79 Å². The van der Waals surface area contributed by atoms with Gasteiger partial charge >= 0.3 is 6.03 Å². The van der Waals surface area contributed by atoms with Crippen LogP contribution in [0.15, 0.2) is 61.1 Å². The maximum absolute atomic E-state index is 12.0. The maximum atomic E-state index is 12.0. The molecule has 2 aromatic heterocycles. The second-order valence-electron chi connectivity index (χ2n) is 6.05. The lowest BCUT2D eigenvalue weighted by Crippen LogP contribution is -2.33. The predicted octanol–water partition coefficient (Wildman–Crippen LogP) is 2.59. The second kappa shape index (κ2) is 8.14. The van der Waals surface area contributed by atoms with Crippen LogP contribution < -0.4 is 10.6 Å². The Balaban J connectivity index is 1.43. The van der Waals surface area contributed by atoms with Gasteiger partial charge in [-0.15, -0.1) is 0 Å². The summed E-state index contributed by atoms with van der Waals surface area (Å²) in [4.78, 5) is 12.0. The molecule has 0 bridgehead atoms. The Kier molecular flexibility index (Phi) is 5.46. The summed E-state index contributed by atoms with van der Waals surface area (Å²) in [6.07, 6.45) is 5.51. The number of nitrogens with zero attached hydrogens (tertiary/aromatic N) is 4. The first-order chi connectivity index (χ1) is 12.2. The number of rotatable bonds is 7. The summed E-state index contributed by atoms with van der Waals surface area (Å²) in [7, 11) is 0. The molecule has 0 saturated carbocycles. The molecule has 7 heteroatoms. The van der Waals surface area contributed by atoms with Gasteiger partial charge in [0, 0.05) is 37.7 Å². The molecule has 0 spiro atoms. The summed E-state index contributed by atoms with van der Waals surface area (Å²) in [5.74, 6) is 0.814. The minimum Gasteiger partial charge on any atom is -0.337 e. The third-order valence-electron chi connectivity index (χ3n) is 3.74. The number of benzene rings is 1. The molecule has 1 aromatic carbocycles. The highest BCUT2D eigenvalue weighted by molar-refractivity contribution is 5.88. The smallest absolute Gasteiger partial charge is 0.320 e. The van der Waals surface area contributed by atoms with Crippen molar-refractivity contribution in [3.05, 3.63) is 66.6 Å². The van der Waals surface area contributed by atoms with Gasteiger partial charge in [-0.3, -0.25) is 14.7 Å². The third-order valence-corrected chi connectivity index (χ3v) is 3.74. The Labute approximate surface area is 146 Å². The lowest BCUT2D eigenvalue weighted by atomic mass is 10.2. The maximum Gasteiger partial charge on any atom is 0.320 e. The standard InChI is InChI=1S/C18H22N6O/c1-15(13-23-10-5-9-20-23)12-19-18(25)21-17-8-11-24(22-17)14-16-6-3-2-4-7-16/h2-11,15H,12-14H2,1H3,(H2,19,21,22,25)/t15-/m0/s1. The minimum atomic E-state index is -0.253. The molecular weight excluding hydrogens is 316 g/mol. The van der Waals surface area contributed by atoms with Crippen LogP contribution >= 0.6 is 0 Å². The van der Waals surface area contributed by atoms with Crippen molar-refractivity contribution in [2.75, 3.05) is 11.9 Å². The van der Waals surface area contributed by atoms with Gasteiger partial charge < -0.3 is 5.32 Å². The normalized spacial score (nSPS) is 11.9. The predicted molar refractivity (Wildman–Crippen MR) is 96.2 cm³/mol. The molecule has 0 unspecified atom stereocenters. The average molecular weight is 338 g/mol. The van der Waals surface area contributed by atoms with E-state index in [1.807, 2.05) is 53.5 Å². The van der Waals surface area contributed by atoms with Crippen molar-refractivity contribution >= 4 is 11.8 Å². The molecule has 2 N–H and O–H groups in total. The molecule has 0 fully saturated rings. The van der Waals surface area contributed by atoms with Crippen LogP contribution in [-0.2, 0) is 13.1 Å². The van der Waals surface area contributed by atoms with Crippen molar-refractivity contribution in [2.24, 2.45) is 5.92 Å². The number of hydrogen-bond donors (Lipinski definition) is 2. The van der Waals surface area contributed by atoms with E-state index >= 15 is 0 Å². The SMILES string of the molecule is C[C@@H](CNC(=O)Nc1ccn(Cc2ccccc2)n1)Cn1cccn1. The number of hydrogen-bond acceptors (Lipinski definition) is 3. The van der Waals surface area contributed by atoms with Gasteiger partial charge in [-0.05, 0) is 17.5 Å². The van der Waals surface area contributed by atoms with Crippen molar-refractivity contribution in [3.8, 4) is 0 Å². The van der Waals surface area contributed by atoms with Crippen molar-refractivity contribution in [2.45, 2.75) is 20.0 Å². The van der Waals surface area contributed by atoms with Crippen LogP contribution in [0.3, 0.4) is 0 Å². The zero-order chi connectivity index (χ0) is 17.5. The Morgan fingerprint density at radius 2 is 1.96 bits per heavy atom. The largest absolute Gasteiger partial charge is 0.337 e. The van der Waals surface area contributed by atoms with Gasteiger partial charge in [0.15, 0.2) is 5.82 Å². The fraction of sp³-hybridized carbons (Fsp3) is 0.278. The molecule has 2 amide bonds. The van der Waals surface area contributed by atoms with Gasteiger partial charge in [0.25, 0.3) is 0 Å². The minimum absolute atomic E-state index is 0.253. The molecule has 25 heavy (non-hydrogen) atoms. The molecule has 130 valence electrons. The first-order valence-electron chi connectivity index (χ1n) is 8.29. The zero-order valence-corrected chi connectivity index (χ0v) is 14.2. The van der Waals surface area contributed by atoms with E-state index in [1.165, 1.54) is 0 Å². The number of urea groups is 1. The summed E-state index contributed by atoms with van der Waals surface area (Å²) in [5.41, 5.74) is 1.16. The Hall–Kier alpha value is -3.09. The van der Waals surface area contributed by atoms with Crippen molar-refractivity contribution in [3.63, 3.8) is 0 Å². The van der Waals surface area contributed by atoms with E-state index in [0.717, 1.165) is 12.1 Å². The fourth-order valence-electron chi connectivity index (χ4n) is 2.51. The summed E-state index contributed by atoms with van der Waals surface area (Å²) < 4.78 is 3.65. The molecule has 0 aliphatic rings. The van der Waals surface area contributed by atoms with Gasteiger partial charge in [0.2, 0.25) is 0 Å². The number of anilines is 1. The monoisotopic (exact) mass is 338 g/mol. The summed E-state index contributed by atoms with van der Waals surface area (Å²) in [6, 6.07) is 13.5. The van der Waals surface area contributed by atoms with Crippen LogP contribution in [0.2, 0.25) is 0 Å². The van der Waals surface area contributed by atoms with Gasteiger partial charge in [-0.2, -0.15) is 10.2 Å². The van der Waals surface area contributed by atoms with Crippen molar-refractivity contribution in [1.82, 2.24) is 24.9 Å². The van der Waals surface area contributed by atoms with Crippen LogP contribution in [0.5, 0.6) is 0 Å². The van der Waals surface area contributed by atoms with E-state index in [4.69, 9.17) is 0 Å².